The molecular weight excluding hydrogens is 594 g/mol. The highest BCUT2D eigenvalue weighted by Gasteiger charge is 2.23. The van der Waals surface area contributed by atoms with Gasteiger partial charge in [0, 0.05) is 32.5 Å². The first-order chi connectivity index (χ1) is 21.5. The van der Waals surface area contributed by atoms with Crippen LogP contribution in [0.2, 0.25) is 0 Å². The highest BCUT2D eigenvalue weighted by molar-refractivity contribution is 5.75. The summed E-state index contributed by atoms with van der Waals surface area (Å²) in [6.07, 6.45) is 1.44. The van der Waals surface area contributed by atoms with Crippen LogP contribution in [0.1, 0.15) is 91.4 Å². The molecule has 0 bridgehead atoms. The van der Waals surface area contributed by atoms with Crippen LogP contribution in [0, 0.1) is 5.92 Å². The molecule has 0 aliphatic carbocycles. The van der Waals surface area contributed by atoms with Crippen molar-refractivity contribution < 1.29 is 58.3 Å². The number of unbranched alkanes of at least 4 members (excludes halogenated alkanes) is 3. The summed E-state index contributed by atoms with van der Waals surface area (Å²) in [7, 11) is 0. The van der Waals surface area contributed by atoms with E-state index >= 15 is 0 Å². The van der Waals surface area contributed by atoms with Crippen LogP contribution in [0.3, 0.4) is 0 Å². The second kappa shape index (κ2) is 25.5. The normalized spacial score (nSPS) is 11.3. The van der Waals surface area contributed by atoms with Crippen molar-refractivity contribution in [1.29, 1.82) is 0 Å². The maximum absolute atomic E-state index is 12.9. The molecule has 0 saturated heterocycles. The summed E-state index contributed by atoms with van der Waals surface area (Å²) < 4.78 is 15.7. The average molecular weight is 648 g/mol. The standard InChI is InChI=1S/C30H53N3O12/c1-4-7-15-31(28(37)38)18-21-43-25(34)12-10-11-24(27(36)45-23-20-33(30(41)42)17-9-6-3)13-14-26(35)44-22-19-32(29(39)40)16-8-5-2/h24H,4-23H2,1-3H3,(H,37,38)(H,39,40)(H,41,42). The molecule has 0 spiro atoms. The quantitative estimate of drug-likeness (QED) is 0.0877. The number of rotatable bonds is 26. The first-order valence-electron chi connectivity index (χ1n) is 15.9. The van der Waals surface area contributed by atoms with E-state index in [0.29, 0.717) is 38.9 Å². The van der Waals surface area contributed by atoms with Crippen molar-refractivity contribution >= 4 is 36.2 Å². The molecule has 0 saturated carbocycles. The number of ether oxygens (including phenoxy) is 3. The summed E-state index contributed by atoms with van der Waals surface area (Å²) in [4.78, 5) is 75.0. The minimum atomic E-state index is -1.12. The van der Waals surface area contributed by atoms with E-state index < -0.39 is 42.1 Å². The van der Waals surface area contributed by atoms with Crippen LogP contribution in [0.15, 0.2) is 0 Å². The van der Waals surface area contributed by atoms with Gasteiger partial charge in [0.1, 0.15) is 19.8 Å². The highest BCUT2D eigenvalue weighted by Crippen LogP contribution is 2.18. The molecule has 1 atom stereocenters. The lowest BCUT2D eigenvalue weighted by molar-refractivity contribution is -0.151. The van der Waals surface area contributed by atoms with Crippen LogP contribution in [0.4, 0.5) is 14.4 Å². The van der Waals surface area contributed by atoms with Crippen LogP contribution < -0.4 is 0 Å². The number of esters is 3. The summed E-state index contributed by atoms with van der Waals surface area (Å²) >= 11 is 0. The molecule has 15 nitrogen and oxygen atoms in total. The van der Waals surface area contributed by atoms with Crippen molar-refractivity contribution in [3.05, 3.63) is 0 Å². The number of carbonyl (C=O) groups excluding carboxylic acids is 3. The van der Waals surface area contributed by atoms with Gasteiger partial charge < -0.3 is 44.2 Å². The minimum absolute atomic E-state index is 0.00805. The van der Waals surface area contributed by atoms with Crippen LogP contribution in [0.5, 0.6) is 0 Å². The summed E-state index contributed by atoms with van der Waals surface area (Å²) in [5, 5.41) is 27.9. The Labute approximate surface area is 265 Å². The molecule has 260 valence electrons. The zero-order valence-corrected chi connectivity index (χ0v) is 27.1. The predicted octanol–water partition coefficient (Wildman–Crippen LogP) is 4.52. The monoisotopic (exact) mass is 647 g/mol. The Bertz CT molecular complexity index is 901. The van der Waals surface area contributed by atoms with E-state index in [4.69, 9.17) is 14.2 Å². The fraction of sp³-hybridized carbons (Fsp3) is 0.800. The van der Waals surface area contributed by atoms with Crippen LogP contribution in [-0.2, 0) is 28.6 Å². The fourth-order valence-electron chi connectivity index (χ4n) is 4.18. The number of hydrogen-bond acceptors (Lipinski definition) is 9. The average Bonchev–Trinajstić information content (AvgIpc) is 2.99. The third-order valence-corrected chi connectivity index (χ3v) is 6.97. The zero-order valence-electron chi connectivity index (χ0n) is 27.1. The number of carboxylic acid groups (broad SMARTS) is 3. The lowest BCUT2D eigenvalue weighted by atomic mass is 9.96. The molecule has 0 fully saturated rings. The molecule has 0 aromatic rings. The molecule has 0 aliphatic rings. The summed E-state index contributed by atoms with van der Waals surface area (Å²) in [5.41, 5.74) is 0. The minimum Gasteiger partial charge on any atom is -0.465 e. The Kier molecular flexibility index (Phi) is 23.4. The van der Waals surface area contributed by atoms with Crippen molar-refractivity contribution in [2.24, 2.45) is 5.92 Å². The lowest BCUT2D eigenvalue weighted by Gasteiger charge is -2.21. The van der Waals surface area contributed by atoms with Crippen molar-refractivity contribution in [2.45, 2.75) is 91.4 Å². The predicted molar refractivity (Wildman–Crippen MR) is 163 cm³/mol. The third kappa shape index (κ3) is 20.7. The van der Waals surface area contributed by atoms with E-state index in [1.54, 1.807) is 0 Å². The van der Waals surface area contributed by atoms with E-state index in [1.165, 1.54) is 9.80 Å². The van der Waals surface area contributed by atoms with Crippen molar-refractivity contribution in [1.82, 2.24) is 14.7 Å². The number of amides is 3. The lowest BCUT2D eigenvalue weighted by Crippen LogP contribution is -2.34. The van der Waals surface area contributed by atoms with Crippen molar-refractivity contribution in [2.75, 3.05) is 59.1 Å². The molecule has 15 heteroatoms. The van der Waals surface area contributed by atoms with Gasteiger partial charge in [0.15, 0.2) is 0 Å². The van der Waals surface area contributed by atoms with E-state index in [1.807, 2.05) is 20.8 Å². The molecule has 1 unspecified atom stereocenters. The van der Waals surface area contributed by atoms with Crippen molar-refractivity contribution in [3.8, 4) is 0 Å². The fourth-order valence-corrected chi connectivity index (χ4v) is 4.18. The largest absolute Gasteiger partial charge is 0.465 e. The van der Waals surface area contributed by atoms with Gasteiger partial charge in [-0.1, -0.05) is 40.0 Å². The van der Waals surface area contributed by atoms with Gasteiger partial charge in [0.2, 0.25) is 0 Å². The first-order valence-corrected chi connectivity index (χ1v) is 15.9. The highest BCUT2D eigenvalue weighted by atomic mass is 16.5. The second-order valence-electron chi connectivity index (χ2n) is 10.6. The second-order valence-corrected chi connectivity index (χ2v) is 10.6. The maximum atomic E-state index is 12.9. The molecular formula is C30H53N3O12. The molecule has 3 amide bonds. The Balaban J connectivity index is 4.98. The SMILES string of the molecule is CCCCN(CCOC(=O)CCCC(CCC(=O)OCCN(CCCC)C(=O)O)C(=O)OCCN(CCCC)C(=O)O)C(=O)O. The molecule has 3 N–H and O–H groups in total. The van der Waals surface area contributed by atoms with Crippen LogP contribution >= 0.6 is 0 Å². The number of hydrogen-bond donors (Lipinski definition) is 3. The first kappa shape index (κ1) is 41.2. The van der Waals surface area contributed by atoms with Gasteiger partial charge in [-0.15, -0.1) is 0 Å². The smallest absolute Gasteiger partial charge is 0.407 e. The van der Waals surface area contributed by atoms with Gasteiger partial charge in [-0.2, -0.15) is 0 Å². The van der Waals surface area contributed by atoms with Gasteiger partial charge in [0.05, 0.1) is 25.6 Å². The van der Waals surface area contributed by atoms with Gasteiger partial charge in [0.25, 0.3) is 0 Å². The Morgan fingerprint density at radius 2 is 0.889 bits per heavy atom. The maximum Gasteiger partial charge on any atom is 0.407 e. The molecule has 0 aromatic carbocycles. The van der Waals surface area contributed by atoms with E-state index in [-0.39, 0.29) is 71.6 Å². The topological polar surface area (TPSA) is 201 Å². The number of carbonyl (C=O) groups is 6. The molecule has 0 aromatic heterocycles. The Hall–Kier alpha value is -3.78. The van der Waals surface area contributed by atoms with E-state index in [0.717, 1.165) is 24.2 Å². The Morgan fingerprint density at radius 3 is 1.27 bits per heavy atom. The third-order valence-electron chi connectivity index (χ3n) is 6.97. The van der Waals surface area contributed by atoms with Gasteiger partial charge in [-0.25, -0.2) is 14.4 Å². The molecule has 0 radical (unpaired) electrons. The van der Waals surface area contributed by atoms with Gasteiger partial charge in [-0.05, 0) is 38.5 Å². The van der Waals surface area contributed by atoms with E-state index in [9.17, 15) is 44.1 Å². The zero-order chi connectivity index (χ0) is 34.0. The number of nitrogens with zero attached hydrogens (tertiary/aromatic N) is 3. The summed E-state index contributed by atoms with van der Waals surface area (Å²) in [6, 6.07) is 0. The summed E-state index contributed by atoms with van der Waals surface area (Å²) in [5.74, 6) is -2.59. The van der Waals surface area contributed by atoms with Crippen molar-refractivity contribution in [3.63, 3.8) is 0 Å². The molecule has 0 rings (SSSR count). The van der Waals surface area contributed by atoms with Crippen LogP contribution in [-0.4, -0.2) is 125 Å². The van der Waals surface area contributed by atoms with Gasteiger partial charge in [-0.3, -0.25) is 14.4 Å². The molecule has 45 heavy (non-hydrogen) atoms. The van der Waals surface area contributed by atoms with Gasteiger partial charge >= 0.3 is 36.2 Å². The Morgan fingerprint density at radius 1 is 0.511 bits per heavy atom. The molecule has 0 heterocycles. The molecule has 0 aliphatic heterocycles. The summed E-state index contributed by atoms with van der Waals surface area (Å²) in [6.45, 7) is 6.45. The van der Waals surface area contributed by atoms with Crippen LogP contribution in [0.25, 0.3) is 0 Å². The van der Waals surface area contributed by atoms with E-state index in [2.05, 4.69) is 0 Å².